The van der Waals surface area contributed by atoms with E-state index in [0.29, 0.717) is 12.2 Å². The molecule has 4 unspecified atom stereocenters. The summed E-state index contributed by atoms with van der Waals surface area (Å²) in [4.78, 5) is 0. The van der Waals surface area contributed by atoms with Gasteiger partial charge < -0.3 is 20.1 Å². The minimum Gasteiger partial charge on any atom is -0.372 e. The van der Waals surface area contributed by atoms with Crippen LogP contribution in [0.1, 0.15) is 25.7 Å². The second-order valence-corrected chi connectivity index (χ2v) is 6.13. The zero-order valence-corrected chi connectivity index (χ0v) is 11.2. The lowest BCUT2D eigenvalue weighted by Gasteiger charge is -2.29. The predicted octanol–water partition coefficient (Wildman–Crippen LogP) is 0.770. The van der Waals surface area contributed by atoms with Gasteiger partial charge in [0.15, 0.2) is 0 Å². The molecule has 0 aromatic heterocycles. The van der Waals surface area contributed by atoms with Crippen molar-refractivity contribution >= 4 is 0 Å². The molecule has 18 heavy (non-hydrogen) atoms. The Hall–Kier alpha value is -0.160. The third kappa shape index (κ3) is 4.50. The van der Waals surface area contributed by atoms with Crippen molar-refractivity contribution in [2.24, 2.45) is 11.8 Å². The van der Waals surface area contributed by atoms with Crippen molar-refractivity contribution < 1.29 is 9.47 Å². The molecule has 0 spiro atoms. The third-order valence-electron chi connectivity index (χ3n) is 4.31. The van der Waals surface area contributed by atoms with Crippen LogP contribution in [0.5, 0.6) is 0 Å². The predicted molar refractivity (Wildman–Crippen MR) is 70.7 cm³/mol. The van der Waals surface area contributed by atoms with E-state index in [-0.39, 0.29) is 0 Å². The van der Waals surface area contributed by atoms with E-state index in [4.69, 9.17) is 9.47 Å². The summed E-state index contributed by atoms with van der Waals surface area (Å²) in [5, 5.41) is 7.11. The Balaban J connectivity index is 1.26. The molecule has 4 heteroatoms. The lowest BCUT2D eigenvalue weighted by molar-refractivity contribution is 0.249. The molecule has 3 fully saturated rings. The highest BCUT2D eigenvalue weighted by Crippen LogP contribution is 2.28. The Labute approximate surface area is 110 Å². The molecule has 2 heterocycles. The SMILES string of the molecule is C1CC(CNCC2CO2)CC(CNCC2CO2)C1. The summed E-state index contributed by atoms with van der Waals surface area (Å²) in [5.41, 5.74) is 0. The first-order chi connectivity index (χ1) is 8.90. The summed E-state index contributed by atoms with van der Waals surface area (Å²) in [6.45, 7) is 6.40. The molecule has 4 atom stereocenters. The standard InChI is InChI=1S/C14H26N2O2/c1-2-11(5-15-7-13-9-17-13)4-12(3-1)6-16-8-14-10-18-14/h11-16H,1-10H2. The monoisotopic (exact) mass is 254 g/mol. The van der Waals surface area contributed by atoms with Gasteiger partial charge in [-0.2, -0.15) is 0 Å². The number of hydrogen-bond acceptors (Lipinski definition) is 4. The molecule has 2 aliphatic heterocycles. The highest BCUT2D eigenvalue weighted by Gasteiger charge is 2.25. The van der Waals surface area contributed by atoms with Crippen LogP contribution in [0.3, 0.4) is 0 Å². The number of ether oxygens (including phenoxy) is 2. The quantitative estimate of drug-likeness (QED) is 0.628. The second-order valence-electron chi connectivity index (χ2n) is 6.13. The molecule has 3 rings (SSSR count). The molecular formula is C14H26N2O2. The maximum Gasteiger partial charge on any atom is 0.0933 e. The fourth-order valence-corrected chi connectivity index (χ4v) is 3.04. The van der Waals surface area contributed by atoms with Crippen LogP contribution in [-0.4, -0.2) is 51.6 Å². The Kier molecular flexibility index (Phi) is 4.52. The third-order valence-corrected chi connectivity index (χ3v) is 4.31. The van der Waals surface area contributed by atoms with Crippen LogP contribution in [0.2, 0.25) is 0 Å². The van der Waals surface area contributed by atoms with Gasteiger partial charge in [-0.15, -0.1) is 0 Å². The van der Waals surface area contributed by atoms with Crippen molar-refractivity contribution in [3.05, 3.63) is 0 Å². The lowest BCUT2D eigenvalue weighted by atomic mass is 9.81. The maximum absolute atomic E-state index is 5.22. The zero-order valence-electron chi connectivity index (χ0n) is 11.2. The van der Waals surface area contributed by atoms with Crippen molar-refractivity contribution in [2.45, 2.75) is 37.9 Å². The Morgan fingerprint density at radius 3 is 1.72 bits per heavy atom. The molecule has 1 saturated carbocycles. The molecule has 2 N–H and O–H groups in total. The van der Waals surface area contributed by atoms with E-state index in [1.54, 1.807) is 0 Å². The average molecular weight is 254 g/mol. The molecular weight excluding hydrogens is 228 g/mol. The van der Waals surface area contributed by atoms with Gasteiger partial charge in [0.1, 0.15) is 0 Å². The summed E-state index contributed by atoms with van der Waals surface area (Å²) in [7, 11) is 0. The van der Waals surface area contributed by atoms with E-state index in [1.807, 2.05) is 0 Å². The molecule has 0 amide bonds. The molecule has 0 aromatic carbocycles. The van der Waals surface area contributed by atoms with E-state index in [0.717, 1.165) is 38.1 Å². The Morgan fingerprint density at radius 2 is 1.28 bits per heavy atom. The molecule has 104 valence electrons. The van der Waals surface area contributed by atoms with Gasteiger partial charge in [-0.05, 0) is 44.2 Å². The molecule has 1 aliphatic carbocycles. The summed E-state index contributed by atoms with van der Waals surface area (Å²) in [6.07, 6.45) is 6.63. The second kappa shape index (κ2) is 6.33. The van der Waals surface area contributed by atoms with Gasteiger partial charge in [-0.1, -0.05) is 6.42 Å². The number of hydrogen-bond donors (Lipinski definition) is 2. The molecule has 0 bridgehead atoms. The minimum atomic E-state index is 0.518. The number of rotatable bonds is 8. The van der Waals surface area contributed by atoms with Gasteiger partial charge in [0.25, 0.3) is 0 Å². The van der Waals surface area contributed by atoms with E-state index >= 15 is 0 Å². The topological polar surface area (TPSA) is 49.1 Å². The van der Waals surface area contributed by atoms with Crippen molar-refractivity contribution in [1.82, 2.24) is 10.6 Å². The van der Waals surface area contributed by atoms with Gasteiger partial charge >= 0.3 is 0 Å². The van der Waals surface area contributed by atoms with E-state index < -0.39 is 0 Å². The van der Waals surface area contributed by atoms with Crippen LogP contribution in [-0.2, 0) is 9.47 Å². The first-order valence-electron chi connectivity index (χ1n) is 7.55. The van der Waals surface area contributed by atoms with Crippen molar-refractivity contribution in [2.75, 3.05) is 39.4 Å². The van der Waals surface area contributed by atoms with E-state index in [2.05, 4.69) is 10.6 Å². The minimum absolute atomic E-state index is 0.518. The van der Waals surface area contributed by atoms with E-state index in [9.17, 15) is 0 Å². The van der Waals surface area contributed by atoms with Crippen LogP contribution < -0.4 is 10.6 Å². The molecule has 2 saturated heterocycles. The van der Waals surface area contributed by atoms with Crippen LogP contribution in [0.25, 0.3) is 0 Å². The summed E-state index contributed by atoms with van der Waals surface area (Å²) in [5.74, 6) is 1.75. The first kappa shape index (κ1) is 12.9. The fraction of sp³-hybridized carbons (Fsp3) is 1.00. The van der Waals surface area contributed by atoms with Gasteiger partial charge in [0.05, 0.1) is 25.4 Å². The van der Waals surface area contributed by atoms with Crippen molar-refractivity contribution in [1.29, 1.82) is 0 Å². The maximum atomic E-state index is 5.22. The van der Waals surface area contributed by atoms with Gasteiger partial charge in [0, 0.05) is 13.1 Å². The van der Waals surface area contributed by atoms with Gasteiger partial charge in [0.2, 0.25) is 0 Å². The van der Waals surface area contributed by atoms with Gasteiger partial charge in [-0.3, -0.25) is 0 Å². The Morgan fingerprint density at radius 1 is 0.778 bits per heavy atom. The van der Waals surface area contributed by atoms with Gasteiger partial charge in [-0.25, -0.2) is 0 Å². The normalized spacial score (nSPS) is 38.7. The largest absolute Gasteiger partial charge is 0.372 e. The van der Waals surface area contributed by atoms with Crippen LogP contribution in [0, 0.1) is 11.8 Å². The smallest absolute Gasteiger partial charge is 0.0933 e. The zero-order chi connectivity index (χ0) is 12.2. The summed E-state index contributed by atoms with van der Waals surface area (Å²) < 4.78 is 10.4. The molecule has 0 aromatic rings. The van der Waals surface area contributed by atoms with E-state index in [1.165, 1.54) is 38.8 Å². The van der Waals surface area contributed by atoms with Crippen LogP contribution in [0.4, 0.5) is 0 Å². The van der Waals surface area contributed by atoms with Crippen LogP contribution in [0.15, 0.2) is 0 Å². The number of nitrogens with one attached hydrogen (secondary N) is 2. The Bertz CT molecular complexity index is 230. The molecule has 0 radical (unpaired) electrons. The first-order valence-corrected chi connectivity index (χ1v) is 7.55. The molecule has 3 aliphatic rings. The summed E-state index contributed by atoms with van der Waals surface area (Å²) >= 11 is 0. The van der Waals surface area contributed by atoms with Crippen LogP contribution >= 0.6 is 0 Å². The summed E-state index contributed by atoms with van der Waals surface area (Å²) in [6, 6.07) is 0. The van der Waals surface area contributed by atoms with Crippen molar-refractivity contribution in [3.63, 3.8) is 0 Å². The lowest BCUT2D eigenvalue weighted by Crippen LogP contribution is -2.33. The fourth-order valence-electron chi connectivity index (χ4n) is 3.04. The highest BCUT2D eigenvalue weighted by molar-refractivity contribution is 4.79. The average Bonchev–Trinajstić information content (AvgIpc) is 3.25. The molecule has 4 nitrogen and oxygen atoms in total. The number of epoxide rings is 2. The van der Waals surface area contributed by atoms with Crippen molar-refractivity contribution in [3.8, 4) is 0 Å². The highest BCUT2D eigenvalue weighted by atomic mass is 16.6.